The van der Waals surface area contributed by atoms with Crippen LogP contribution >= 0.6 is 0 Å². The number of nitrogens with zero attached hydrogens (tertiary/aromatic N) is 5. The maximum Gasteiger partial charge on any atom is 0.255 e. The molecule has 164 valence electrons. The first kappa shape index (κ1) is 20.3. The second-order valence-corrected chi connectivity index (χ2v) is 8.01. The summed E-state index contributed by atoms with van der Waals surface area (Å²) in [5.41, 5.74) is 4.80. The third-order valence-corrected chi connectivity index (χ3v) is 5.70. The summed E-state index contributed by atoms with van der Waals surface area (Å²) in [4.78, 5) is 22.0. The Morgan fingerprint density at radius 1 is 1.25 bits per heavy atom. The third kappa shape index (κ3) is 4.00. The molecular weight excluding hydrogens is 408 g/mol. The number of aliphatic hydroxyl groups excluding tert-OH is 1. The van der Waals surface area contributed by atoms with E-state index in [1.807, 2.05) is 54.5 Å². The first-order valence-electron chi connectivity index (χ1n) is 10.5. The van der Waals surface area contributed by atoms with E-state index in [9.17, 15) is 9.90 Å². The molecule has 0 bridgehead atoms. The molecule has 1 saturated heterocycles. The summed E-state index contributed by atoms with van der Waals surface area (Å²) in [5.74, 6) is -0.247. The van der Waals surface area contributed by atoms with Crippen molar-refractivity contribution in [3.05, 3.63) is 66.4 Å². The van der Waals surface area contributed by atoms with Crippen molar-refractivity contribution in [2.24, 2.45) is 7.05 Å². The first-order valence-corrected chi connectivity index (χ1v) is 10.5. The Labute approximate surface area is 184 Å². The molecule has 4 aromatic heterocycles. The highest BCUT2D eigenvalue weighted by Gasteiger charge is 2.27. The highest BCUT2D eigenvalue weighted by molar-refractivity contribution is 6.05. The Morgan fingerprint density at radius 2 is 2.16 bits per heavy atom. The van der Waals surface area contributed by atoms with Gasteiger partial charge >= 0.3 is 0 Å². The fourth-order valence-electron chi connectivity index (χ4n) is 4.00. The van der Waals surface area contributed by atoms with Gasteiger partial charge in [-0.25, -0.2) is 0 Å². The molecule has 0 radical (unpaired) electrons. The van der Waals surface area contributed by atoms with Gasteiger partial charge in [-0.05, 0) is 30.2 Å². The van der Waals surface area contributed by atoms with Crippen molar-refractivity contribution in [2.75, 3.05) is 13.2 Å². The topological polar surface area (TPSA) is 107 Å². The molecule has 4 aromatic rings. The molecule has 1 aliphatic rings. The number of fused-ring (bicyclic) bond motifs is 1. The molecule has 9 heteroatoms. The number of carbonyl (C=O) groups excluding carboxylic acids is 1. The minimum Gasteiger partial charge on any atom is -0.389 e. The van der Waals surface area contributed by atoms with Crippen LogP contribution in [0.4, 0.5) is 0 Å². The van der Waals surface area contributed by atoms with Gasteiger partial charge in [-0.1, -0.05) is 6.07 Å². The monoisotopic (exact) mass is 432 g/mol. The fraction of sp³-hybridized carbons (Fsp3) is 0.304. The second kappa shape index (κ2) is 8.52. The van der Waals surface area contributed by atoms with Gasteiger partial charge in [-0.2, -0.15) is 5.10 Å². The summed E-state index contributed by atoms with van der Waals surface area (Å²) in [6.07, 6.45) is 8.90. The summed E-state index contributed by atoms with van der Waals surface area (Å²) >= 11 is 0. The Morgan fingerprint density at radius 3 is 2.91 bits per heavy atom. The van der Waals surface area contributed by atoms with Crippen LogP contribution in [-0.2, 0) is 18.3 Å². The predicted octanol–water partition coefficient (Wildman–Crippen LogP) is 1.76. The zero-order chi connectivity index (χ0) is 22.1. The van der Waals surface area contributed by atoms with E-state index in [1.165, 1.54) is 0 Å². The largest absolute Gasteiger partial charge is 0.389 e. The zero-order valence-electron chi connectivity index (χ0n) is 17.7. The van der Waals surface area contributed by atoms with Crippen molar-refractivity contribution in [3.8, 4) is 11.3 Å². The molecule has 2 atom stereocenters. The number of amides is 1. The highest BCUT2D eigenvalue weighted by atomic mass is 16.5. The molecule has 9 nitrogen and oxygen atoms in total. The third-order valence-electron chi connectivity index (χ3n) is 5.70. The lowest BCUT2D eigenvalue weighted by Gasteiger charge is -2.28. The molecule has 1 fully saturated rings. The maximum atomic E-state index is 13.0. The van der Waals surface area contributed by atoms with Crippen LogP contribution in [0.2, 0.25) is 0 Å². The van der Waals surface area contributed by atoms with E-state index in [0.29, 0.717) is 30.7 Å². The Balaban J connectivity index is 1.39. The van der Waals surface area contributed by atoms with Crippen LogP contribution in [0.3, 0.4) is 0 Å². The second-order valence-electron chi connectivity index (χ2n) is 8.01. The lowest BCUT2D eigenvalue weighted by atomic mass is 10.1. The normalized spacial score (nSPS) is 18.7. The highest BCUT2D eigenvalue weighted by Crippen LogP contribution is 2.22. The molecule has 5 heterocycles. The van der Waals surface area contributed by atoms with Crippen LogP contribution in [0.1, 0.15) is 22.3 Å². The van der Waals surface area contributed by atoms with E-state index in [1.54, 1.807) is 17.1 Å². The minimum atomic E-state index is -0.710. The van der Waals surface area contributed by atoms with Gasteiger partial charge in [0.15, 0.2) is 0 Å². The molecule has 0 aliphatic carbocycles. The van der Waals surface area contributed by atoms with Crippen LogP contribution < -0.4 is 5.32 Å². The Hall–Kier alpha value is -3.56. The van der Waals surface area contributed by atoms with E-state index in [0.717, 1.165) is 22.3 Å². The maximum absolute atomic E-state index is 13.0. The molecule has 0 aromatic carbocycles. The van der Waals surface area contributed by atoms with Gasteiger partial charge in [0, 0.05) is 50.6 Å². The quantitative estimate of drug-likeness (QED) is 0.498. The van der Waals surface area contributed by atoms with Gasteiger partial charge in [0.1, 0.15) is 5.52 Å². The van der Waals surface area contributed by atoms with Crippen molar-refractivity contribution >= 4 is 16.9 Å². The molecular formula is C23H24N6O3. The molecule has 0 spiro atoms. The molecule has 1 amide bonds. The fourth-order valence-corrected chi connectivity index (χ4v) is 4.00. The smallest absolute Gasteiger partial charge is 0.255 e. The zero-order valence-corrected chi connectivity index (χ0v) is 17.7. The lowest BCUT2D eigenvalue weighted by molar-refractivity contribution is -0.0260. The molecule has 5 rings (SSSR count). The van der Waals surface area contributed by atoms with Crippen LogP contribution in [0, 0.1) is 0 Å². The van der Waals surface area contributed by atoms with Crippen molar-refractivity contribution in [1.29, 1.82) is 0 Å². The SMILES string of the molecule is Cn1cc(-c2ccc(Cn3cc(C(=O)N[C@H]4CCOC[C@@H]4O)c4ncccc43)cn2)cn1. The van der Waals surface area contributed by atoms with Crippen molar-refractivity contribution in [1.82, 2.24) is 29.6 Å². The molecule has 0 saturated carbocycles. The number of aliphatic hydroxyl groups is 1. The Kier molecular flexibility index (Phi) is 5.42. The summed E-state index contributed by atoms with van der Waals surface area (Å²) in [5, 5.41) is 17.2. The van der Waals surface area contributed by atoms with Crippen molar-refractivity contribution in [2.45, 2.75) is 25.1 Å². The summed E-state index contributed by atoms with van der Waals surface area (Å²) in [6.45, 7) is 1.30. The van der Waals surface area contributed by atoms with Crippen LogP contribution in [-0.4, -0.2) is 60.7 Å². The van der Waals surface area contributed by atoms with Crippen LogP contribution in [0.25, 0.3) is 22.3 Å². The van der Waals surface area contributed by atoms with Crippen LogP contribution in [0.15, 0.2) is 55.2 Å². The lowest BCUT2D eigenvalue weighted by Crippen LogP contribution is -2.48. The van der Waals surface area contributed by atoms with Gasteiger partial charge in [-0.15, -0.1) is 0 Å². The summed E-state index contributed by atoms with van der Waals surface area (Å²) in [7, 11) is 1.87. The predicted molar refractivity (Wildman–Crippen MR) is 118 cm³/mol. The summed E-state index contributed by atoms with van der Waals surface area (Å²) in [6, 6.07) is 7.46. The molecule has 32 heavy (non-hydrogen) atoms. The van der Waals surface area contributed by atoms with E-state index in [2.05, 4.69) is 20.4 Å². The van der Waals surface area contributed by atoms with Gasteiger partial charge in [0.2, 0.25) is 0 Å². The number of pyridine rings is 2. The van der Waals surface area contributed by atoms with Gasteiger partial charge < -0.3 is 19.7 Å². The average Bonchev–Trinajstić information content (AvgIpc) is 3.40. The van der Waals surface area contributed by atoms with Crippen molar-refractivity contribution in [3.63, 3.8) is 0 Å². The molecule has 2 N–H and O–H groups in total. The van der Waals surface area contributed by atoms with Gasteiger partial charge in [0.25, 0.3) is 5.91 Å². The molecule has 1 aliphatic heterocycles. The van der Waals surface area contributed by atoms with E-state index < -0.39 is 6.10 Å². The number of ether oxygens (including phenoxy) is 1. The standard InChI is InChI=1S/C23H24N6O3/c1-28-12-16(10-26-28)18-5-4-15(9-25-18)11-29-13-17(22-20(29)3-2-7-24-22)23(31)27-19-6-8-32-14-21(19)30/h2-5,7,9-10,12-13,19,21,30H,6,8,11,14H2,1H3,(H,27,31)/t19-,21-/m0/s1. The average molecular weight is 432 g/mol. The Bertz CT molecular complexity index is 1250. The van der Waals surface area contributed by atoms with Gasteiger partial charge in [0.05, 0.1) is 41.7 Å². The number of hydrogen-bond donors (Lipinski definition) is 2. The number of rotatable bonds is 5. The van der Waals surface area contributed by atoms with E-state index in [-0.39, 0.29) is 18.6 Å². The van der Waals surface area contributed by atoms with E-state index in [4.69, 9.17) is 4.74 Å². The number of carbonyl (C=O) groups is 1. The van der Waals surface area contributed by atoms with E-state index >= 15 is 0 Å². The summed E-state index contributed by atoms with van der Waals surface area (Å²) < 4.78 is 8.99. The number of nitrogens with one attached hydrogen (secondary N) is 1. The number of aryl methyl sites for hydroxylation is 1. The number of aromatic nitrogens is 5. The molecule has 0 unspecified atom stereocenters. The first-order chi connectivity index (χ1) is 15.6. The number of hydrogen-bond acceptors (Lipinski definition) is 6. The van der Waals surface area contributed by atoms with Crippen molar-refractivity contribution < 1.29 is 14.6 Å². The minimum absolute atomic E-state index is 0.229. The van der Waals surface area contributed by atoms with Crippen LogP contribution in [0.5, 0.6) is 0 Å². The van der Waals surface area contributed by atoms with Gasteiger partial charge in [-0.3, -0.25) is 19.4 Å².